The predicted octanol–water partition coefficient (Wildman–Crippen LogP) is 4.07. The minimum Gasteiger partial charge on any atom is -0.0882 e. The third-order valence-electron chi connectivity index (χ3n) is 3.18. The lowest BCUT2D eigenvalue weighted by atomic mass is 9.79. The molecule has 2 aliphatic carbocycles. The van der Waals surface area contributed by atoms with Crippen molar-refractivity contribution in [1.29, 1.82) is 0 Å². The standard InChI is InChI=1S/C12H17Br/c13-12-8-6-11(7-9-12)10-4-2-1-3-5-10/h2,4,6,8,10-12H,1,3,5,7,9H2. The average Bonchev–Trinajstić information content (AvgIpc) is 2.20. The van der Waals surface area contributed by atoms with Crippen LogP contribution >= 0.6 is 15.9 Å². The van der Waals surface area contributed by atoms with E-state index < -0.39 is 0 Å². The molecule has 3 unspecified atom stereocenters. The zero-order chi connectivity index (χ0) is 9.10. The first kappa shape index (κ1) is 9.51. The molecule has 2 aliphatic rings. The average molecular weight is 241 g/mol. The Morgan fingerprint density at radius 2 is 1.77 bits per heavy atom. The lowest BCUT2D eigenvalue weighted by Crippen LogP contribution is -2.17. The molecule has 0 aromatic heterocycles. The van der Waals surface area contributed by atoms with Crippen LogP contribution in [0.15, 0.2) is 24.3 Å². The smallest absolute Gasteiger partial charge is 0.0325 e. The van der Waals surface area contributed by atoms with Crippen LogP contribution in [0.25, 0.3) is 0 Å². The minimum atomic E-state index is 0.635. The van der Waals surface area contributed by atoms with Gasteiger partial charge in [0.2, 0.25) is 0 Å². The van der Waals surface area contributed by atoms with Gasteiger partial charge in [-0.3, -0.25) is 0 Å². The fourth-order valence-corrected chi connectivity index (χ4v) is 2.80. The third kappa shape index (κ3) is 2.46. The van der Waals surface area contributed by atoms with E-state index in [4.69, 9.17) is 0 Å². The highest BCUT2D eigenvalue weighted by molar-refractivity contribution is 9.09. The molecule has 0 saturated heterocycles. The van der Waals surface area contributed by atoms with Crippen molar-refractivity contribution in [3.8, 4) is 0 Å². The Balaban J connectivity index is 1.97. The van der Waals surface area contributed by atoms with Crippen LogP contribution < -0.4 is 0 Å². The lowest BCUT2D eigenvalue weighted by Gasteiger charge is -2.27. The van der Waals surface area contributed by atoms with Gasteiger partial charge >= 0.3 is 0 Å². The van der Waals surface area contributed by atoms with E-state index in [-0.39, 0.29) is 0 Å². The predicted molar refractivity (Wildman–Crippen MR) is 61.1 cm³/mol. The first-order chi connectivity index (χ1) is 6.36. The summed E-state index contributed by atoms with van der Waals surface area (Å²) in [5, 5.41) is 0. The Bertz CT molecular complexity index is 217. The molecule has 13 heavy (non-hydrogen) atoms. The third-order valence-corrected chi connectivity index (χ3v) is 3.95. The van der Waals surface area contributed by atoms with Gasteiger partial charge < -0.3 is 0 Å². The molecule has 2 rings (SSSR count). The molecule has 1 heteroatoms. The summed E-state index contributed by atoms with van der Waals surface area (Å²) in [5.41, 5.74) is 0. The van der Waals surface area contributed by atoms with Crippen molar-refractivity contribution in [2.75, 3.05) is 0 Å². The van der Waals surface area contributed by atoms with E-state index in [1.165, 1.54) is 32.1 Å². The van der Waals surface area contributed by atoms with E-state index in [2.05, 4.69) is 40.2 Å². The molecular formula is C12H17Br. The largest absolute Gasteiger partial charge is 0.0882 e. The maximum absolute atomic E-state index is 3.63. The highest BCUT2D eigenvalue weighted by atomic mass is 79.9. The summed E-state index contributed by atoms with van der Waals surface area (Å²) in [6, 6.07) is 0. The SMILES string of the molecule is BrC1C=CC(C2C=CCCC2)CC1. The molecule has 0 fully saturated rings. The van der Waals surface area contributed by atoms with Gasteiger partial charge in [0.05, 0.1) is 0 Å². The second-order valence-corrected chi connectivity index (χ2v) is 5.34. The molecule has 72 valence electrons. The van der Waals surface area contributed by atoms with Gasteiger partial charge in [-0.1, -0.05) is 40.2 Å². The van der Waals surface area contributed by atoms with Crippen LogP contribution in [-0.2, 0) is 0 Å². The lowest BCUT2D eigenvalue weighted by molar-refractivity contribution is 0.384. The summed E-state index contributed by atoms with van der Waals surface area (Å²) in [5.74, 6) is 1.66. The number of allylic oxidation sites excluding steroid dienone is 4. The van der Waals surface area contributed by atoms with Gasteiger partial charge in [-0.2, -0.15) is 0 Å². The van der Waals surface area contributed by atoms with E-state index >= 15 is 0 Å². The fraction of sp³-hybridized carbons (Fsp3) is 0.667. The quantitative estimate of drug-likeness (QED) is 0.479. The number of hydrogen-bond acceptors (Lipinski definition) is 0. The van der Waals surface area contributed by atoms with Crippen LogP contribution in [-0.4, -0.2) is 4.83 Å². The second kappa shape index (κ2) is 4.45. The van der Waals surface area contributed by atoms with Crippen molar-refractivity contribution in [2.24, 2.45) is 11.8 Å². The van der Waals surface area contributed by atoms with Gasteiger partial charge in [-0.15, -0.1) is 0 Å². The first-order valence-electron chi connectivity index (χ1n) is 5.35. The van der Waals surface area contributed by atoms with Gasteiger partial charge in [0.15, 0.2) is 0 Å². The number of rotatable bonds is 1. The Labute approximate surface area is 89.2 Å². The summed E-state index contributed by atoms with van der Waals surface area (Å²) < 4.78 is 0. The molecule has 0 nitrogen and oxygen atoms in total. The molecule has 0 aliphatic heterocycles. The molecule has 0 heterocycles. The second-order valence-electron chi connectivity index (χ2n) is 4.17. The van der Waals surface area contributed by atoms with Crippen molar-refractivity contribution in [1.82, 2.24) is 0 Å². The van der Waals surface area contributed by atoms with Crippen molar-refractivity contribution in [2.45, 2.75) is 36.9 Å². The number of halogens is 1. The summed E-state index contributed by atoms with van der Waals surface area (Å²) in [6.07, 6.45) is 16.3. The fourth-order valence-electron chi connectivity index (χ4n) is 2.36. The molecule has 0 radical (unpaired) electrons. The normalized spacial score (nSPS) is 39.3. The molecular weight excluding hydrogens is 224 g/mol. The molecule has 0 amide bonds. The van der Waals surface area contributed by atoms with Crippen LogP contribution in [0.4, 0.5) is 0 Å². The zero-order valence-corrected chi connectivity index (χ0v) is 9.54. The minimum absolute atomic E-state index is 0.635. The van der Waals surface area contributed by atoms with Gasteiger partial charge in [-0.05, 0) is 43.9 Å². The van der Waals surface area contributed by atoms with E-state index in [9.17, 15) is 0 Å². The molecule has 0 spiro atoms. The molecule has 0 N–H and O–H groups in total. The number of hydrogen-bond donors (Lipinski definition) is 0. The van der Waals surface area contributed by atoms with Gasteiger partial charge in [0.1, 0.15) is 0 Å². The maximum Gasteiger partial charge on any atom is 0.0325 e. The molecule has 0 aromatic carbocycles. The van der Waals surface area contributed by atoms with Crippen molar-refractivity contribution < 1.29 is 0 Å². The van der Waals surface area contributed by atoms with Gasteiger partial charge in [0, 0.05) is 4.83 Å². The Hall–Kier alpha value is -0.0400. The van der Waals surface area contributed by atoms with Crippen molar-refractivity contribution in [3.63, 3.8) is 0 Å². The highest BCUT2D eigenvalue weighted by Gasteiger charge is 2.21. The molecule has 0 bridgehead atoms. The van der Waals surface area contributed by atoms with Crippen molar-refractivity contribution in [3.05, 3.63) is 24.3 Å². The van der Waals surface area contributed by atoms with Crippen LogP contribution in [0.5, 0.6) is 0 Å². The summed E-state index contributed by atoms with van der Waals surface area (Å²) in [7, 11) is 0. The van der Waals surface area contributed by atoms with E-state index in [1.807, 2.05) is 0 Å². The summed E-state index contributed by atoms with van der Waals surface area (Å²) in [4.78, 5) is 0.635. The topological polar surface area (TPSA) is 0 Å². The highest BCUT2D eigenvalue weighted by Crippen LogP contribution is 2.33. The zero-order valence-electron chi connectivity index (χ0n) is 7.95. The van der Waals surface area contributed by atoms with E-state index in [0.717, 1.165) is 11.8 Å². The van der Waals surface area contributed by atoms with E-state index in [0.29, 0.717) is 4.83 Å². The van der Waals surface area contributed by atoms with Crippen molar-refractivity contribution >= 4 is 15.9 Å². The number of alkyl halides is 1. The Morgan fingerprint density at radius 1 is 0.923 bits per heavy atom. The van der Waals surface area contributed by atoms with Gasteiger partial charge in [-0.25, -0.2) is 0 Å². The molecule has 0 aromatic rings. The maximum atomic E-state index is 3.63. The summed E-state index contributed by atoms with van der Waals surface area (Å²) >= 11 is 3.63. The van der Waals surface area contributed by atoms with E-state index in [1.54, 1.807) is 0 Å². The van der Waals surface area contributed by atoms with Crippen LogP contribution in [0.2, 0.25) is 0 Å². The monoisotopic (exact) mass is 240 g/mol. The Morgan fingerprint density at radius 3 is 2.38 bits per heavy atom. The Kier molecular flexibility index (Phi) is 3.26. The summed E-state index contributed by atoms with van der Waals surface area (Å²) in [6.45, 7) is 0. The first-order valence-corrected chi connectivity index (χ1v) is 6.27. The van der Waals surface area contributed by atoms with Gasteiger partial charge in [0.25, 0.3) is 0 Å². The van der Waals surface area contributed by atoms with Crippen LogP contribution in [0.1, 0.15) is 32.1 Å². The van der Waals surface area contributed by atoms with Crippen LogP contribution in [0, 0.1) is 11.8 Å². The molecule has 3 atom stereocenters. The van der Waals surface area contributed by atoms with Crippen LogP contribution in [0.3, 0.4) is 0 Å². The molecule has 0 saturated carbocycles.